The summed E-state index contributed by atoms with van der Waals surface area (Å²) < 4.78 is 2.25. The summed E-state index contributed by atoms with van der Waals surface area (Å²) in [6, 6.07) is 0.734. The van der Waals surface area contributed by atoms with Crippen LogP contribution in [0.1, 0.15) is 38.8 Å². The maximum Gasteiger partial charge on any atom is 0.0948 e. The standard InChI is InChI=1S/C14H26N4/c1-3-7-18-12-16-11-14(18)10-15-9-13-6-5-8-17(13)4-2/h11-13,15H,3-10H2,1-2H3. The minimum Gasteiger partial charge on any atom is -0.333 e. The van der Waals surface area contributed by atoms with Crippen LogP contribution in [0.2, 0.25) is 0 Å². The zero-order valence-corrected chi connectivity index (χ0v) is 11.7. The lowest BCUT2D eigenvalue weighted by Crippen LogP contribution is -2.37. The molecule has 0 spiro atoms. The molecule has 102 valence electrons. The first-order valence-electron chi connectivity index (χ1n) is 7.29. The predicted octanol–water partition coefficient (Wildman–Crippen LogP) is 1.87. The molecule has 0 amide bonds. The molecule has 18 heavy (non-hydrogen) atoms. The fourth-order valence-corrected chi connectivity index (χ4v) is 2.85. The summed E-state index contributed by atoms with van der Waals surface area (Å²) in [6.45, 7) is 10.0. The Labute approximate surface area is 110 Å². The van der Waals surface area contributed by atoms with Crippen molar-refractivity contribution < 1.29 is 0 Å². The van der Waals surface area contributed by atoms with Crippen LogP contribution in [0.5, 0.6) is 0 Å². The molecular weight excluding hydrogens is 224 g/mol. The number of aryl methyl sites for hydroxylation is 1. The van der Waals surface area contributed by atoms with Gasteiger partial charge in [0.15, 0.2) is 0 Å². The fraction of sp³-hybridized carbons (Fsp3) is 0.786. The molecule has 1 aromatic rings. The Morgan fingerprint density at radius 1 is 1.44 bits per heavy atom. The van der Waals surface area contributed by atoms with E-state index in [1.165, 1.54) is 31.6 Å². The van der Waals surface area contributed by atoms with E-state index in [-0.39, 0.29) is 0 Å². The summed E-state index contributed by atoms with van der Waals surface area (Å²) in [7, 11) is 0. The van der Waals surface area contributed by atoms with Crippen molar-refractivity contribution in [2.45, 2.75) is 52.2 Å². The molecule has 1 aliphatic rings. The Kier molecular flexibility index (Phi) is 5.20. The van der Waals surface area contributed by atoms with E-state index in [2.05, 4.69) is 33.6 Å². The lowest BCUT2D eigenvalue weighted by Gasteiger charge is -2.23. The van der Waals surface area contributed by atoms with Gasteiger partial charge in [0.05, 0.1) is 12.0 Å². The van der Waals surface area contributed by atoms with E-state index >= 15 is 0 Å². The predicted molar refractivity (Wildman–Crippen MR) is 74.5 cm³/mol. The first-order chi connectivity index (χ1) is 8.85. The first kappa shape index (κ1) is 13.6. The third kappa shape index (κ3) is 3.33. The van der Waals surface area contributed by atoms with Gasteiger partial charge in [-0.25, -0.2) is 4.98 Å². The average Bonchev–Trinajstić information content (AvgIpc) is 2.99. The van der Waals surface area contributed by atoms with E-state index in [4.69, 9.17) is 0 Å². The zero-order valence-electron chi connectivity index (χ0n) is 11.7. The third-order valence-corrected chi connectivity index (χ3v) is 3.85. The van der Waals surface area contributed by atoms with Gasteiger partial charge in [-0.15, -0.1) is 0 Å². The monoisotopic (exact) mass is 250 g/mol. The van der Waals surface area contributed by atoms with Gasteiger partial charge >= 0.3 is 0 Å². The second-order valence-corrected chi connectivity index (χ2v) is 5.13. The van der Waals surface area contributed by atoms with Crippen molar-refractivity contribution in [1.82, 2.24) is 19.8 Å². The number of rotatable bonds is 7. The van der Waals surface area contributed by atoms with Crippen LogP contribution in [0.25, 0.3) is 0 Å². The first-order valence-corrected chi connectivity index (χ1v) is 7.29. The summed E-state index contributed by atoms with van der Waals surface area (Å²) in [5, 5.41) is 3.59. The van der Waals surface area contributed by atoms with Crippen molar-refractivity contribution in [3.63, 3.8) is 0 Å². The van der Waals surface area contributed by atoms with Gasteiger partial charge in [0, 0.05) is 31.9 Å². The summed E-state index contributed by atoms with van der Waals surface area (Å²) >= 11 is 0. The van der Waals surface area contributed by atoms with E-state index in [9.17, 15) is 0 Å². The van der Waals surface area contributed by atoms with Crippen molar-refractivity contribution >= 4 is 0 Å². The summed E-state index contributed by atoms with van der Waals surface area (Å²) in [5.41, 5.74) is 1.30. The van der Waals surface area contributed by atoms with E-state index in [0.29, 0.717) is 0 Å². The van der Waals surface area contributed by atoms with Crippen LogP contribution in [0, 0.1) is 0 Å². The van der Waals surface area contributed by atoms with Gasteiger partial charge in [0.2, 0.25) is 0 Å². The van der Waals surface area contributed by atoms with Crippen molar-refractivity contribution in [2.24, 2.45) is 0 Å². The zero-order chi connectivity index (χ0) is 12.8. The minimum atomic E-state index is 0.734. The summed E-state index contributed by atoms with van der Waals surface area (Å²) in [5.74, 6) is 0. The number of nitrogens with one attached hydrogen (secondary N) is 1. The summed E-state index contributed by atoms with van der Waals surface area (Å²) in [6.07, 6.45) is 7.78. The summed E-state index contributed by atoms with van der Waals surface area (Å²) in [4.78, 5) is 6.81. The molecule has 0 aromatic carbocycles. The van der Waals surface area contributed by atoms with E-state index in [1.807, 2.05) is 12.5 Å². The molecule has 0 radical (unpaired) electrons. The highest BCUT2D eigenvalue weighted by Gasteiger charge is 2.22. The molecule has 0 aliphatic carbocycles. The molecule has 1 atom stereocenters. The normalized spacial score (nSPS) is 20.7. The van der Waals surface area contributed by atoms with Crippen LogP contribution in [-0.4, -0.2) is 40.1 Å². The molecule has 0 bridgehead atoms. The number of hydrogen-bond donors (Lipinski definition) is 1. The number of hydrogen-bond acceptors (Lipinski definition) is 3. The number of likely N-dealkylation sites (tertiary alicyclic amines) is 1. The maximum absolute atomic E-state index is 4.23. The highest BCUT2D eigenvalue weighted by molar-refractivity contribution is 4.98. The van der Waals surface area contributed by atoms with Crippen LogP contribution in [0.15, 0.2) is 12.5 Å². The number of imidazole rings is 1. The van der Waals surface area contributed by atoms with Crippen molar-refractivity contribution in [2.75, 3.05) is 19.6 Å². The molecule has 1 unspecified atom stereocenters. The van der Waals surface area contributed by atoms with Gasteiger partial charge in [-0.2, -0.15) is 0 Å². The topological polar surface area (TPSA) is 33.1 Å². The van der Waals surface area contributed by atoms with Crippen LogP contribution < -0.4 is 5.32 Å². The van der Waals surface area contributed by atoms with Gasteiger partial charge in [-0.3, -0.25) is 4.90 Å². The number of aromatic nitrogens is 2. The third-order valence-electron chi connectivity index (χ3n) is 3.85. The van der Waals surface area contributed by atoms with Crippen LogP contribution in [-0.2, 0) is 13.1 Å². The average molecular weight is 250 g/mol. The molecule has 2 rings (SSSR count). The van der Waals surface area contributed by atoms with E-state index in [1.54, 1.807) is 0 Å². The number of nitrogens with zero attached hydrogens (tertiary/aromatic N) is 3. The lowest BCUT2D eigenvalue weighted by molar-refractivity contribution is 0.259. The highest BCUT2D eigenvalue weighted by Crippen LogP contribution is 2.15. The van der Waals surface area contributed by atoms with Crippen molar-refractivity contribution in [3.8, 4) is 0 Å². The van der Waals surface area contributed by atoms with Gasteiger partial charge in [-0.1, -0.05) is 13.8 Å². The van der Waals surface area contributed by atoms with Crippen LogP contribution in [0.4, 0.5) is 0 Å². The molecule has 1 aliphatic heterocycles. The lowest BCUT2D eigenvalue weighted by atomic mass is 10.2. The Balaban J connectivity index is 1.76. The Hall–Kier alpha value is -0.870. The molecule has 2 heterocycles. The molecule has 1 fully saturated rings. The second kappa shape index (κ2) is 6.90. The molecule has 4 heteroatoms. The van der Waals surface area contributed by atoms with E-state index < -0.39 is 0 Å². The van der Waals surface area contributed by atoms with Gasteiger partial charge in [0.1, 0.15) is 0 Å². The molecule has 4 nitrogen and oxygen atoms in total. The number of likely N-dealkylation sites (N-methyl/N-ethyl adjacent to an activating group) is 1. The second-order valence-electron chi connectivity index (χ2n) is 5.13. The van der Waals surface area contributed by atoms with Gasteiger partial charge < -0.3 is 9.88 Å². The van der Waals surface area contributed by atoms with E-state index in [0.717, 1.165) is 32.1 Å². The van der Waals surface area contributed by atoms with Crippen molar-refractivity contribution in [3.05, 3.63) is 18.2 Å². The van der Waals surface area contributed by atoms with Gasteiger partial charge in [-0.05, 0) is 32.4 Å². The van der Waals surface area contributed by atoms with Crippen LogP contribution >= 0.6 is 0 Å². The van der Waals surface area contributed by atoms with Gasteiger partial charge in [0.25, 0.3) is 0 Å². The Morgan fingerprint density at radius 2 is 2.33 bits per heavy atom. The molecular formula is C14H26N4. The fourth-order valence-electron chi connectivity index (χ4n) is 2.85. The molecule has 0 saturated carbocycles. The largest absolute Gasteiger partial charge is 0.333 e. The Bertz CT molecular complexity index is 347. The molecule has 1 aromatic heterocycles. The van der Waals surface area contributed by atoms with Crippen molar-refractivity contribution in [1.29, 1.82) is 0 Å². The minimum absolute atomic E-state index is 0.734. The molecule has 1 saturated heterocycles. The quantitative estimate of drug-likeness (QED) is 0.802. The SMILES string of the molecule is CCCn1cncc1CNCC1CCCN1CC. The molecule has 1 N–H and O–H groups in total. The van der Waals surface area contributed by atoms with Crippen LogP contribution in [0.3, 0.4) is 0 Å². The smallest absolute Gasteiger partial charge is 0.0948 e. The maximum atomic E-state index is 4.23. The Morgan fingerprint density at radius 3 is 3.11 bits per heavy atom. The highest BCUT2D eigenvalue weighted by atomic mass is 15.2.